The Morgan fingerprint density at radius 1 is 1.12 bits per heavy atom. The number of nitrogens with two attached hydrogens (primary N) is 1. The van der Waals surface area contributed by atoms with Crippen molar-refractivity contribution in [2.45, 2.75) is 37.9 Å². The van der Waals surface area contributed by atoms with E-state index < -0.39 is 23.3 Å². The zero-order valence-electron chi connectivity index (χ0n) is 20.5. The van der Waals surface area contributed by atoms with Crippen LogP contribution in [0.5, 0.6) is 11.5 Å². The summed E-state index contributed by atoms with van der Waals surface area (Å²) in [6.07, 6.45) is 1.52. The molecule has 2 aromatic heterocycles. The molecule has 3 aromatic rings. The van der Waals surface area contributed by atoms with Crippen molar-refractivity contribution in [2.75, 3.05) is 31.6 Å². The number of furan rings is 1. The van der Waals surface area contributed by atoms with Gasteiger partial charge in [0.2, 0.25) is 21.8 Å². The van der Waals surface area contributed by atoms with Gasteiger partial charge < -0.3 is 19.6 Å². The Bertz CT molecular complexity index is 1180. The molecule has 0 aliphatic rings. The van der Waals surface area contributed by atoms with Crippen LogP contribution in [0.4, 0.5) is 5.95 Å². The summed E-state index contributed by atoms with van der Waals surface area (Å²) in [7, 11) is -2.41. The lowest BCUT2D eigenvalue weighted by atomic mass is 10.2. The maximum Gasteiger partial charge on any atom is 0.246 e. The van der Waals surface area contributed by atoms with Crippen LogP contribution in [0, 0.1) is 0 Å². The first kappa shape index (κ1) is 25.8. The van der Waals surface area contributed by atoms with Crippen molar-refractivity contribution >= 4 is 24.0 Å². The minimum atomic E-state index is -3.86. The zero-order valence-corrected chi connectivity index (χ0v) is 22.3. The van der Waals surface area contributed by atoms with Gasteiger partial charge in [-0.2, -0.15) is 0 Å². The fourth-order valence-electron chi connectivity index (χ4n) is 3.38. The number of rotatable bonds is 11. The van der Waals surface area contributed by atoms with Crippen molar-refractivity contribution in [1.82, 2.24) is 14.8 Å². The van der Waals surface area contributed by atoms with E-state index in [4.69, 9.17) is 19.6 Å². The average Bonchev–Trinajstić information content (AvgIpc) is 3.47. The Kier molecular flexibility index (Phi) is 7.73. The van der Waals surface area contributed by atoms with Gasteiger partial charge in [0.25, 0.3) is 0 Å². The van der Waals surface area contributed by atoms with E-state index >= 15 is 0 Å². The number of benzene rings is 1. The van der Waals surface area contributed by atoms with Crippen molar-refractivity contribution in [2.24, 2.45) is 5.73 Å². The second-order valence-electron chi connectivity index (χ2n) is 9.12. The fourth-order valence-corrected chi connectivity index (χ4v) is 5.80. The van der Waals surface area contributed by atoms with Crippen LogP contribution in [0.15, 0.2) is 41.0 Å². The molecule has 0 amide bonds. The molecule has 3 rings (SSSR count). The van der Waals surface area contributed by atoms with Crippen molar-refractivity contribution < 1.29 is 22.3 Å². The van der Waals surface area contributed by atoms with Gasteiger partial charge in [-0.1, -0.05) is 25.7 Å². The summed E-state index contributed by atoms with van der Waals surface area (Å²) in [5, 5.41) is 7.86. The van der Waals surface area contributed by atoms with E-state index in [0.717, 1.165) is 6.04 Å². The van der Waals surface area contributed by atoms with E-state index in [1.54, 1.807) is 41.8 Å². The highest BCUT2D eigenvalue weighted by molar-refractivity contribution is 7.93. The first-order valence-corrected chi connectivity index (χ1v) is 16.2. The molecule has 12 heteroatoms. The number of anilines is 1. The molecule has 0 saturated heterocycles. The molecule has 0 fully saturated rings. The summed E-state index contributed by atoms with van der Waals surface area (Å²) in [5.74, 6) is 1.77. The predicted molar refractivity (Wildman–Crippen MR) is 135 cm³/mol. The maximum absolute atomic E-state index is 13.7. The number of para-hydroxylation sites is 1. The number of sulfonamides is 1. The summed E-state index contributed by atoms with van der Waals surface area (Å²) in [6, 6.07) is 9.48. The Morgan fingerprint density at radius 3 is 2.26 bits per heavy atom. The smallest absolute Gasteiger partial charge is 0.246 e. The SMILES string of the molecule is COc1cccc(OC)c1-n1c(-c2ccco2)nnc1N(CC[Si](C)(C)C)S(=O)(=O)C(C)CN. The lowest BCUT2D eigenvalue weighted by Gasteiger charge is -2.29. The molecule has 0 saturated carbocycles. The Balaban J connectivity index is 2.35. The van der Waals surface area contributed by atoms with Crippen LogP contribution in [0.25, 0.3) is 17.3 Å². The Hall–Kier alpha value is -2.83. The van der Waals surface area contributed by atoms with Crippen LogP contribution in [-0.2, 0) is 10.0 Å². The first-order valence-electron chi connectivity index (χ1n) is 11.0. The number of hydrogen-bond acceptors (Lipinski definition) is 8. The molecule has 1 atom stereocenters. The third-order valence-electron chi connectivity index (χ3n) is 5.45. The second kappa shape index (κ2) is 10.2. The molecule has 0 bridgehead atoms. The van der Waals surface area contributed by atoms with E-state index in [1.165, 1.54) is 24.8 Å². The summed E-state index contributed by atoms with van der Waals surface area (Å²) in [4.78, 5) is 0. The molecular weight excluding hydrogens is 474 g/mol. The van der Waals surface area contributed by atoms with E-state index in [2.05, 4.69) is 29.8 Å². The highest BCUT2D eigenvalue weighted by atomic mass is 32.2. The molecule has 0 radical (unpaired) electrons. The van der Waals surface area contributed by atoms with Gasteiger partial charge in [0.15, 0.2) is 5.76 Å². The number of hydrogen-bond donors (Lipinski definition) is 1. The standard InChI is InChI=1S/C22H33N5O5SSi/c1-16(15-23)33(28,29)26(12-14-34(4,5)6)22-25-24-21(19-11-8-13-32-19)27(22)20-17(30-2)9-7-10-18(20)31-3/h7-11,13,16H,12,14-15,23H2,1-6H3. The minimum absolute atomic E-state index is 0.0249. The molecule has 0 spiro atoms. The normalized spacial score (nSPS) is 13.0. The molecule has 10 nitrogen and oxygen atoms in total. The van der Waals surface area contributed by atoms with Gasteiger partial charge in [-0.15, -0.1) is 10.2 Å². The van der Waals surface area contributed by atoms with Crippen LogP contribution in [0.2, 0.25) is 25.7 Å². The van der Waals surface area contributed by atoms with Gasteiger partial charge in [-0.3, -0.25) is 4.57 Å². The monoisotopic (exact) mass is 507 g/mol. The van der Waals surface area contributed by atoms with Gasteiger partial charge in [0, 0.05) is 21.2 Å². The molecule has 0 aliphatic carbocycles. The van der Waals surface area contributed by atoms with Crippen molar-refractivity contribution in [3.8, 4) is 28.8 Å². The lowest BCUT2D eigenvalue weighted by molar-refractivity contribution is 0.391. The van der Waals surface area contributed by atoms with Gasteiger partial charge in [-0.05, 0) is 37.2 Å². The van der Waals surface area contributed by atoms with Crippen LogP contribution < -0.4 is 19.5 Å². The Labute approximate surface area is 201 Å². The third kappa shape index (κ3) is 5.13. The highest BCUT2D eigenvalue weighted by Gasteiger charge is 2.35. The summed E-state index contributed by atoms with van der Waals surface area (Å²) >= 11 is 0. The van der Waals surface area contributed by atoms with Gasteiger partial charge >= 0.3 is 0 Å². The Morgan fingerprint density at radius 2 is 1.76 bits per heavy atom. The van der Waals surface area contributed by atoms with Crippen LogP contribution in [0.1, 0.15) is 6.92 Å². The molecule has 2 N–H and O–H groups in total. The summed E-state index contributed by atoms with van der Waals surface area (Å²) in [6.45, 7) is 8.37. The van der Waals surface area contributed by atoms with Crippen molar-refractivity contribution in [3.05, 3.63) is 36.6 Å². The molecule has 186 valence electrons. The largest absolute Gasteiger partial charge is 0.494 e. The number of ether oxygens (including phenoxy) is 2. The number of methoxy groups -OCH3 is 2. The van der Waals surface area contributed by atoms with E-state index in [1.807, 2.05) is 0 Å². The fraction of sp³-hybridized carbons (Fsp3) is 0.455. The van der Waals surface area contributed by atoms with Gasteiger partial charge in [0.1, 0.15) is 17.2 Å². The highest BCUT2D eigenvalue weighted by Crippen LogP contribution is 2.39. The number of nitrogens with zero attached hydrogens (tertiary/aromatic N) is 4. The third-order valence-corrected chi connectivity index (χ3v) is 9.34. The second-order valence-corrected chi connectivity index (χ2v) is 17.0. The number of aromatic nitrogens is 3. The first-order chi connectivity index (χ1) is 16.0. The summed E-state index contributed by atoms with van der Waals surface area (Å²) < 4.78 is 47.1. The van der Waals surface area contributed by atoms with Crippen LogP contribution in [0.3, 0.4) is 0 Å². The van der Waals surface area contributed by atoms with Crippen molar-refractivity contribution in [1.29, 1.82) is 0 Å². The summed E-state index contributed by atoms with van der Waals surface area (Å²) in [5.41, 5.74) is 6.25. The van der Waals surface area contributed by atoms with E-state index in [9.17, 15) is 8.42 Å². The maximum atomic E-state index is 13.7. The quantitative estimate of drug-likeness (QED) is 0.392. The van der Waals surface area contributed by atoms with Crippen molar-refractivity contribution in [3.63, 3.8) is 0 Å². The molecule has 0 aliphatic heterocycles. The lowest BCUT2D eigenvalue weighted by Crippen LogP contribution is -2.44. The van der Waals surface area contributed by atoms with Gasteiger partial charge in [-0.25, -0.2) is 12.7 Å². The van der Waals surface area contributed by atoms with E-state index in [0.29, 0.717) is 28.8 Å². The predicted octanol–water partition coefficient (Wildman–Crippen LogP) is 3.37. The van der Waals surface area contributed by atoms with Gasteiger partial charge in [0.05, 0.1) is 25.7 Å². The molecule has 1 aromatic carbocycles. The molecule has 2 heterocycles. The van der Waals surface area contributed by atoms with E-state index in [-0.39, 0.29) is 19.0 Å². The molecule has 34 heavy (non-hydrogen) atoms. The molecular formula is C22H33N5O5SSi. The minimum Gasteiger partial charge on any atom is -0.494 e. The van der Waals surface area contributed by atoms with Crippen LogP contribution in [-0.4, -0.2) is 63.8 Å². The van der Waals surface area contributed by atoms with Crippen LogP contribution >= 0.6 is 0 Å². The molecule has 1 unspecified atom stereocenters. The zero-order chi connectivity index (χ0) is 25.1. The average molecular weight is 508 g/mol. The topological polar surface area (TPSA) is 126 Å².